The van der Waals surface area contributed by atoms with E-state index in [0.717, 1.165) is 57.8 Å². The highest BCUT2D eigenvalue weighted by molar-refractivity contribution is 7.90. The molecule has 11 heteroatoms. The summed E-state index contributed by atoms with van der Waals surface area (Å²) in [4.78, 5) is 14.1. The predicted molar refractivity (Wildman–Crippen MR) is 124 cm³/mol. The first-order valence-corrected chi connectivity index (χ1v) is 15.0. The van der Waals surface area contributed by atoms with Crippen molar-refractivity contribution in [1.82, 2.24) is 9.44 Å². The molecule has 4 aliphatic carbocycles. The van der Waals surface area contributed by atoms with Crippen LogP contribution in [0.5, 0.6) is 0 Å². The fraction of sp³-hybridized carbons (Fsp3) is 0.952. The molecule has 32 heavy (non-hydrogen) atoms. The summed E-state index contributed by atoms with van der Waals surface area (Å²) in [6.45, 7) is 4.15. The number of aliphatic imine (C=N–C) groups is 1. The number of rotatable bonds is 9. The average Bonchev–Trinajstić information content (AvgIpc) is 3.63. The zero-order chi connectivity index (χ0) is 23.5. The first-order valence-electron chi connectivity index (χ1n) is 11.9. The van der Waals surface area contributed by atoms with Gasteiger partial charge in [-0.3, -0.25) is 0 Å². The normalized spacial score (nSPS) is 35.1. The Morgan fingerprint density at radius 3 is 1.69 bits per heavy atom. The highest BCUT2D eigenvalue weighted by atomic mass is 32.2. The summed E-state index contributed by atoms with van der Waals surface area (Å²) in [6, 6.07) is 0.120. The van der Waals surface area contributed by atoms with Gasteiger partial charge in [-0.1, -0.05) is 26.7 Å². The minimum Gasteiger partial charge on any atom is -0.327 e. The van der Waals surface area contributed by atoms with Crippen molar-refractivity contribution in [3.05, 3.63) is 0 Å². The molecular weight excluding hydrogens is 452 g/mol. The minimum absolute atomic E-state index is 0.0624. The molecule has 0 radical (unpaired) electrons. The third-order valence-electron chi connectivity index (χ3n) is 7.26. The van der Waals surface area contributed by atoms with Crippen molar-refractivity contribution in [3.63, 3.8) is 0 Å². The molecule has 2 unspecified atom stereocenters. The van der Waals surface area contributed by atoms with Crippen molar-refractivity contribution in [2.45, 2.75) is 113 Å². The lowest BCUT2D eigenvalue weighted by Gasteiger charge is -2.12. The van der Waals surface area contributed by atoms with Crippen LogP contribution in [0.3, 0.4) is 0 Å². The molecule has 0 aromatic heterocycles. The number of nitrogens with two attached hydrogens (primary N) is 1. The lowest BCUT2D eigenvalue weighted by atomic mass is 10.0. The maximum Gasteiger partial charge on any atom is 0.235 e. The van der Waals surface area contributed by atoms with Crippen LogP contribution in [-0.2, 0) is 24.8 Å². The van der Waals surface area contributed by atoms with Gasteiger partial charge in [0.25, 0.3) is 0 Å². The molecule has 4 N–H and O–H groups in total. The first-order chi connectivity index (χ1) is 15.1. The Morgan fingerprint density at radius 1 is 0.812 bits per heavy atom. The molecule has 0 saturated heterocycles. The van der Waals surface area contributed by atoms with E-state index >= 15 is 0 Å². The van der Waals surface area contributed by atoms with Crippen molar-refractivity contribution >= 4 is 26.1 Å². The fourth-order valence-electron chi connectivity index (χ4n) is 5.00. The number of nitrogens with one attached hydrogen (secondary N) is 2. The van der Waals surface area contributed by atoms with E-state index in [2.05, 4.69) is 21.4 Å². The summed E-state index contributed by atoms with van der Waals surface area (Å²) in [5.41, 5.74) is 5.96. The molecule has 4 aliphatic rings. The molecule has 6 atom stereocenters. The van der Waals surface area contributed by atoms with Gasteiger partial charge in [-0.15, -0.1) is 0 Å². The van der Waals surface area contributed by atoms with Crippen LogP contribution in [0.25, 0.3) is 0 Å². The van der Waals surface area contributed by atoms with Gasteiger partial charge in [-0.2, -0.15) is 0 Å². The van der Waals surface area contributed by atoms with E-state index in [1.807, 2.05) is 6.92 Å². The number of hydrogen-bond acceptors (Lipinski definition) is 7. The highest BCUT2D eigenvalue weighted by Crippen LogP contribution is 2.34. The van der Waals surface area contributed by atoms with E-state index in [9.17, 15) is 21.6 Å². The molecule has 4 rings (SSSR count). The Labute approximate surface area is 192 Å². The Bertz CT molecular complexity index is 895. The van der Waals surface area contributed by atoms with E-state index in [1.165, 1.54) is 0 Å². The number of nitrogens with zero attached hydrogens (tertiary/aromatic N) is 1. The SMILES string of the molecule is CC[C@@H]1CC(NS(=O)(=O)C2CC2)C[C@@H]1N.CC[C@@H]1CC(NS(=O)(=O)C2CC2)C[C@@H]1N=C=O. The largest absolute Gasteiger partial charge is 0.327 e. The van der Waals surface area contributed by atoms with Gasteiger partial charge >= 0.3 is 0 Å². The van der Waals surface area contributed by atoms with E-state index in [1.54, 1.807) is 6.08 Å². The van der Waals surface area contributed by atoms with E-state index < -0.39 is 20.0 Å². The van der Waals surface area contributed by atoms with Crippen LogP contribution >= 0.6 is 0 Å². The van der Waals surface area contributed by atoms with Crippen LogP contribution in [0.2, 0.25) is 0 Å². The number of sulfonamides is 2. The summed E-state index contributed by atoms with van der Waals surface area (Å²) in [5, 5.41) is -0.300. The van der Waals surface area contributed by atoms with Gasteiger partial charge in [0.15, 0.2) is 0 Å². The van der Waals surface area contributed by atoms with Crippen molar-refractivity contribution in [2.24, 2.45) is 22.6 Å². The molecule has 0 amide bonds. The fourth-order valence-corrected chi connectivity index (χ4v) is 8.21. The van der Waals surface area contributed by atoms with Crippen LogP contribution in [0.1, 0.15) is 78.1 Å². The van der Waals surface area contributed by atoms with Crippen molar-refractivity contribution < 1.29 is 21.6 Å². The van der Waals surface area contributed by atoms with Crippen molar-refractivity contribution in [2.75, 3.05) is 0 Å². The van der Waals surface area contributed by atoms with Crippen LogP contribution in [0.4, 0.5) is 0 Å². The van der Waals surface area contributed by atoms with Gasteiger partial charge in [0, 0.05) is 18.1 Å². The number of carbonyl (C=O) groups excluding carboxylic acids is 1. The van der Waals surface area contributed by atoms with Gasteiger partial charge in [-0.25, -0.2) is 36.1 Å². The standard InChI is InChI=1S/C11H18N2O3S.C10H20N2O2S/c1-2-8-5-9(6-11(8)12-7-14)13-17(15,16)10-3-4-10;1-2-7-5-8(6-10(7)11)12-15(13,14)9-3-4-9/h8-11,13H,2-6H2,1H3;7-10,12H,2-6,11H2,1H3/t8-,9?,11+;7-,8?,10+/m11/s1. The van der Waals surface area contributed by atoms with E-state index in [0.29, 0.717) is 18.3 Å². The summed E-state index contributed by atoms with van der Waals surface area (Å²) in [5.74, 6) is 0.778. The predicted octanol–water partition coefficient (Wildman–Crippen LogP) is 1.55. The molecule has 0 aromatic rings. The molecule has 4 fully saturated rings. The average molecular weight is 491 g/mol. The molecule has 0 aliphatic heterocycles. The molecule has 4 saturated carbocycles. The van der Waals surface area contributed by atoms with Crippen molar-refractivity contribution in [3.8, 4) is 0 Å². The van der Waals surface area contributed by atoms with Crippen LogP contribution in [0.15, 0.2) is 4.99 Å². The second-order valence-corrected chi connectivity index (χ2v) is 13.8. The third-order valence-corrected chi connectivity index (χ3v) is 11.3. The van der Waals surface area contributed by atoms with Gasteiger partial charge in [0.05, 0.1) is 16.5 Å². The molecule has 0 heterocycles. The first kappa shape index (κ1) is 25.8. The second kappa shape index (κ2) is 10.6. The quantitative estimate of drug-likeness (QED) is 0.330. The topological polar surface area (TPSA) is 148 Å². The molecule has 184 valence electrons. The molecule has 0 aromatic carbocycles. The molecule has 0 bridgehead atoms. The zero-order valence-corrected chi connectivity index (χ0v) is 20.7. The Kier molecular flexibility index (Phi) is 8.55. The highest BCUT2D eigenvalue weighted by Gasteiger charge is 2.41. The zero-order valence-electron chi connectivity index (χ0n) is 19.1. The molecule has 9 nitrogen and oxygen atoms in total. The lowest BCUT2D eigenvalue weighted by molar-refractivity contribution is 0.459. The summed E-state index contributed by atoms with van der Waals surface area (Å²) >= 11 is 0. The maximum absolute atomic E-state index is 11.8. The van der Waals surface area contributed by atoms with Crippen LogP contribution in [-0.4, -0.2) is 57.6 Å². The van der Waals surface area contributed by atoms with Gasteiger partial charge in [0.1, 0.15) is 0 Å². The number of hydrogen-bond donors (Lipinski definition) is 3. The summed E-state index contributed by atoms with van der Waals surface area (Å²) in [7, 11) is -6.16. The monoisotopic (exact) mass is 490 g/mol. The van der Waals surface area contributed by atoms with E-state index in [4.69, 9.17) is 5.73 Å². The van der Waals surface area contributed by atoms with Gasteiger partial charge in [0.2, 0.25) is 26.1 Å². The van der Waals surface area contributed by atoms with Crippen molar-refractivity contribution in [1.29, 1.82) is 0 Å². The van der Waals surface area contributed by atoms with Crippen LogP contribution < -0.4 is 15.2 Å². The number of isocyanates is 1. The molecular formula is C21H38N4O5S2. The summed E-state index contributed by atoms with van der Waals surface area (Å²) < 4.78 is 52.5. The lowest BCUT2D eigenvalue weighted by Crippen LogP contribution is -2.36. The minimum atomic E-state index is -3.13. The van der Waals surface area contributed by atoms with E-state index in [-0.39, 0.29) is 34.7 Å². The molecule has 0 spiro atoms. The van der Waals surface area contributed by atoms with Gasteiger partial charge < -0.3 is 5.73 Å². The van der Waals surface area contributed by atoms with Crippen LogP contribution in [0, 0.1) is 11.8 Å². The Morgan fingerprint density at radius 2 is 1.28 bits per heavy atom. The maximum atomic E-state index is 11.8. The third kappa shape index (κ3) is 6.84. The van der Waals surface area contributed by atoms with Gasteiger partial charge in [-0.05, 0) is 63.2 Å². The second-order valence-electron chi connectivity index (χ2n) is 9.85. The Balaban J connectivity index is 0.000000182. The Hall–Kier alpha value is -0.840. The summed E-state index contributed by atoms with van der Waals surface area (Å²) in [6.07, 6.45) is 9.85. The smallest absolute Gasteiger partial charge is 0.235 e.